The lowest BCUT2D eigenvalue weighted by Crippen LogP contribution is -1.95. The van der Waals surface area contributed by atoms with Gasteiger partial charge in [0.05, 0.1) is 55.9 Å². The minimum Gasteiger partial charge on any atom is -0.466 e. The molecule has 232 valence electrons. The van der Waals surface area contributed by atoms with E-state index in [4.69, 9.17) is 186 Å². The summed E-state index contributed by atoms with van der Waals surface area (Å²) in [5.74, 6) is -0.421. The van der Waals surface area contributed by atoms with Crippen molar-refractivity contribution < 1.29 is 19.1 Å². The molecular weight excluding hydrogens is 823 g/mol. The van der Waals surface area contributed by atoms with Crippen LogP contribution in [0.2, 0.25) is 0 Å². The molecule has 0 saturated heterocycles. The van der Waals surface area contributed by atoms with E-state index < -0.39 is 0 Å². The molecule has 0 aromatic rings. The molecule has 0 saturated carbocycles. The van der Waals surface area contributed by atoms with Crippen LogP contribution in [0.25, 0.3) is 0 Å². The molecule has 0 aliphatic heterocycles. The highest BCUT2D eigenvalue weighted by Gasteiger charge is 1.82. The van der Waals surface area contributed by atoms with Crippen molar-refractivity contribution in [1.82, 2.24) is 0 Å². The van der Waals surface area contributed by atoms with Gasteiger partial charge in [-0.05, 0) is 13.8 Å². The van der Waals surface area contributed by atoms with E-state index in [1.165, 1.54) is 13.8 Å². The zero-order valence-electron chi connectivity index (χ0n) is 19.8. The van der Waals surface area contributed by atoms with Gasteiger partial charge < -0.3 is 9.47 Å². The quantitative estimate of drug-likeness (QED) is 0.205. The molecule has 0 bridgehead atoms. The van der Waals surface area contributed by atoms with Gasteiger partial charge in [-0.15, -0.1) is 186 Å². The van der Waals surface area contributed by atoms with E-state index in [-0.39, 0.29) is 54.7 Å². The predicted molar refractivity (Wildman–Crippen MR) is 177 cm³/mol. The van der Waals surface area contributed by atoms with Crippen LogP contribution in [0, 0.1) is 0 Å². The summed E-state index contributed by atoms with van der Waals surface area (Å²) in [5.41, 5.74) is 0. The summed E-state index contributed by atoms with van der Waals surface area (Å²) in [7, 11) is 0. The smallest absolute Gasteiger partial charge is 0.302 e. The van der Waals surface area contributed by atoms with E-state index in [0.29, 0.717) is 13.2 Å². The second-order valence-electron chi connectivity index (χ2n) is 2.66. The average molecular weight is 856 g/mol. The fourth-order valence-corrected chi connectivity index (χ4v) is 0.407. The van der Waals surface area contributed by atoms with Gasteiger partial charge in [-0.25, -0.2) is 0 Å². The summed E-state index contributed by atoms with van der Waals surface area (Å²) in [5, 5.41) is 1.56. The van der Waals surface area contributed by atoms with Crippen LogP contribution in [0.5, 0.6) is 0 Å². The zero-order valence-corrected chi connectivity index (χ0v) is 31.8. The molecule has 0 fully saturated rings. The van der Waals surface area contributed by atoms with E-state index in [2.05, 4.69) is 9.47 Å². The number of ether oxygens (including phenoxy) is 2. The highest BCUT2D eigenvalue weighted by Crippen LogP contribution is 1.75. The number of esters is 2. The van der Waals surface area contributed by atoms with Crippen molar-refractivity contribution in [3.8, 4) is 0 Å². The van der Waals surface area contributed by atoms with Gasteiger partial charge in [-0.1, -0.05) is 0 Å². The molecule has 36 heavy (non-hydrogen) atoms. The second-order valence-corrected chi connectivity index (χ2v) is 9.12. The fraction of sp³-hybridized carbons (Fsp3) is 0.875. The number of hydrogen-bond donors (Lipinski definition) is 0. The van der Waals surface area contributed by atoms with E-state index >= 15 is 0 Å². The molecule has 20 heteroatoms. The Labute approximate surface area is 297 Å². The average Bonchev–Trinajstić information content (AvgIpc) is 2.73. The monoisotopic (exact) mass is 848 g/mol. The maximum atomic E-state index is 9.82. The largest absolute Gasteiger partial charge is 0.466 e. The molecule has 0 N–H and O–H groups in total. The van der Waals surface area contributed by atoms with Crippen LogP contribution >= 0.6 is 186 Å². The van der Waals surface area contributed by atoms with E-state index in [0.717, 1.165) is 0 Å². The Balaban J connectivity index is -0.0000000266. The van der Waals surface area contributed by atoms with Gasteiger partial charge in [0.25, 0.3) is 0 Å². The summed E-state index contributed by atoms with van der Waals surface area (Å²) in [4.78, 5) is 19.6. The highest BCUT2D eigenvalue weighted by atomic mass is 35.6. The van der Waals surface area contributed by atoms with Crippen molar-refractivity contribution in [1.29, 1.82) is 0 Å². The van der Waals surface area contributed by atoms with Gasteiger partial charge in [-0.2, -0.15) is 0 Å². The number of halogens is 16. The first kappa shape index (κ1) is 67.3. The molecule has 0 aromatic carbocycles. The van der Waals surface area contributed by atoms with Crippen LogP contribution in [0.4, 0.5) is 0 Å². The lowest BCUT2D eigenvalue weighted by atomic mass is 10.8. The molecule has 0 radical (unpaired) electrons. The van der Waals surface area contributed by atoms with Gasteiger partial charge in [-0.3, -0.25) is 9.59 Å². The normalized spacial score (nSPS) is 6.56. The second kappa shape index (κ2) is 117. The molecular formula is C16H32Cl16O4. The molecule has 0 aliphatic carbocycles. The lowest BCUT2D eigenvalue weighted by molar-refractivity contribution is -0.141. The minimum atomic E-state index is -0.211. The first-order valence-corrected chi connectivity index (χ1v) is 16.6. The van der Waals surface area contributed by atoms with Crippen molar-refractivity contribution in [3.05, 3.63) is 0 Å². The van der Waals surface area contributed by atoms with Crippen LogP contribution in [-0.2, 0) is 19.1 Å². The Kier molecular flexibility index (Phi) is 219. The Bertz CT molecular complexity index is 222. The maximum absolute atomic E-state index is 9.82. The third-order valence-electron chi connectivity index (χ3n) is 0.695. The van der Waals surface area contributed by atoms with Crippen LogP contribution in [-0.4, -0.2) is 67.9 Å². The summed E-state index contributed by atoms with van der Waals surface area (Å²) in [6, 6.07) is 0. The Morgan fingerprint density at radius 3 is 0.472 bits per heavy atom. The standard InChI is InChI=1S/2C4H8O2.8CH2Cl2/c2*1-3-6-4(2)5;8*2-1-3/h2*3H2,1-2H3;8*1H2. The van der Waals surface area contributed by atoms with Crippen molar-refractivity contribution in [2.24, 2.45) is 0 Å². The van der Waals surface area contributed by atoms with Gasteiger partial charge in [0, 0.05) is 13.8 Å². The summed E-state index contributed by atoms with van der Waals surface area (Å²) in [6.07, 6.45) is 0. The molecule has 0 spiro atoms. The van der Waals surface area contributed by atoms with Crippen molar-refractivity contribution in [2.45, 2.75) is 27.7 Å². The molecule has 0 aromatic heterocycles. The molecule has 0 rings (SSSR count). The third-order valence-corrected chi connectivity index (χ3v) is 0.695. The maximum Gasteiger partial charge on any atom is 0.302 e. The molecule has 0 aliphatic rings. The molecule has 0 unspecified atom stereocenters. The number of carbonyl (C=O) groups is 2. The fourth-order valence-electron chi connectivity index (χ4n) is 0.407. The van der Waals surface area contributed by atoms with E-state index in [9.17, 15) is 9.59 Å². The molecule has 4 nitrogen and oxygen atoms in total. The summed E-state index contributed by atoms with van der Waals surface area (Å²) >= 11 is 76.2. The molecule has 0 heterocycles. The Morgan fingerprint density at radius 1 is 0.389 bits per heavy atom. The van der Waals surface area contributed by atoms with E-state index in [1.54, 1.807) is 13.8 Å². The zero-order chi connectivity index (χ0) is 31.6. The van der Waals surface area contributed by atoms with Crippen molar-refractivity contribution in [2.75, 3.05) is 55.9 Å². The Hall–Kier alpha value is 3.58. The van der Waals surface area contributed by atoms with E-state index in [1.807, 2.05) is 0 Å². The van der Waals surface area contributed by atoms with Crippen LogP contribution in [0.3, 0.4) is 0 Å². The highest BCUT2D eigenvalue weighted by molar-refractivity contribution is 6.42. The topological polar surface area (TPSA) is 52.6 Å². The minimum absolute atomic E-state index is 0.194. The number of alkyl halides is 16. The van der Waals surface area contributed by atoms with Gasteiger partial charge in [0.2, 0.25) is 0 Å². The molecule has 0 atom stereocenters. The Morgan fingerprint density at radius 2 is 0.472 bits per heavy atom. The lowest BCUT2D eigenvalue weighted by Gasteiger charge is -1.89. The van der Waals surface area contributed by atoms with Crippen molar-refractivity contribution >= 4 is 198 Å². The van der Waals surface area contributed by atoms with Crippen LogP contribution < -0.4 is 0 Å². The van der Waals surface area contributed by atoms with Gasteiger partial charge in [0.1, 0.15) is 0 Å². The van der Waals surface area contributed by atoms with Gasteiger partial charge >= 0.3 is 11.9 Å². The van der Waals surface area contributed by atoms with Gasteiger partial charge in [0.15, 0.2) is 0 Å². The SMILES string of the molecule is CCOC(C)=O.CCOC(C)=O.ClCCl.ClCCl.ClCCl.ClCCl.ClCCl.ClCCl.ClCCl.ClCCl. The third kappa shape index (κ3) is 548. The first-order valence-electron chi connectivity index (χ1n) is 8.08. The summed E-state index contributed by atoms with van der Waals surface area (Å²) < 4.78 is 8.81. The van der Waals surface area contributed by atoms with Crippen LogP contribution in [0.1, 0.15) is 27.7 Å². The summed E-state index contributed by atoms with van der Waals surface area (Å²) in [6.45, 7) is 7.31. The predicted octanol–water partition coefficient (Wildman–Crippen LogP) is 12.5. The number of hydrogen-bond acceptors (Lipinski definition) is 4. The number of carbonyl (C=O) groups excluding carboxylic acids is 2. The van der Waals surface area contributed by atoms with Crippen molar-refractivity contribution in [3.63, 3.8) is 0 Å². The number of rotatable bonds is 2. The van der Waals surface area contributed by atoms with Crippen LogP contribution in [0.15, 0.2) is 0 Å². The molecule has 0 amide bonds. The first-order chi connectivity index (χ1) is 16.9.